The number of amides is 1. The van der Waals surface area contributed by atoms with E-state index in [0.717, 1.165) is 19.2 Å². The predicted molar refractivity (Wildman–Crippen MR) is 52.5 cm³/mol. The monoisotopic (exact) mass is 212 g/mol. The molecule has 0 spiro atoms. The molecule has 82 valence electrons. The van der Waals surface area contributed by atoms with Gasteiger partial charge < -0.3 is 15.4 Å². The van der Waals surface area contributed by atoms with Crippen molar-refractivity contribution in [1.29, 1.82) is 0 Å². The molecule has 1 amide bonds. The maximum atomic E-state index is 11.4. The highest BCUT2D eigenvalue weighted by Gasteiger charge is 2.21. The average Bonchev–Trinajstić information content (AvgIpc) is 2.66. The number of aromatic amines is 1. The van der Waals surface area contributed by atoms with Crippen molar-refractivity contribution < 1.29 is 9.72 Å². The molecule has 0 aliphatic carbocycles. The van der Waals surface area contributed by atoms with Crippen LogP contribution in [0, 0.1) is 10.1 Å². The van der Waals surface area contributed by atoms with Crippen LogP contribution < -0.4 is 5.32 Å². The van der Waals surface area contributed by atoms with Crippen LogP contribution in [-0.4, -0.2) is 27.3 Å². The first-order valence-electron chi connectivity index (χ1n) is 4.62. The number of hydrogen-bond donors (Lipinski definition) is 2. The lowest BCUT2D eigenvalue weighted by molar-refractivity contribution is -0.389. The van der Waals surface area contributed by atoms with Crippen LogP contribution >= 0.6 is 0 Å². The van der Waals surface area contributed by atoms with Crippen molar-refractivity contribution in [3.63, 3.8) is 0 Å². The van der Waals surface area contributed by atoms with Crippen LogP contribution in [0.5, 0.6) is 0 Å². The molecule has 0 fully saturated rings. The van der Waals surface area contributed by atoms with Crippen LogP contribution in [-0.2, 0) is 0 Å². The van der Waals surface area contributed by atoms with Gasteiger partial charge in [-0.25, -0.2) is 9.97 Å². The molecule has 1 aromatic heterocycles. The number of nitrogens with zero attached hydrogens (tertiary/aromatic N) is 2. The molecule has 0 unspecified atom stereocenters. The third-order valence-electron chi connectivity index (χ3n) is 1.83. The third kappa shape index (κ3) is 2.76. The van der Waals surface area contributed by atoms with Gasteiger partial charge in [0.1, 0.15) is 0 Å². The number of carbonyl (C=O) groups is 1. The lowest BCUT2D eigenvalue weighted by atomic mass is 10.3. The van der Waals surface area contributed by atoms with Gasteiger partial charge in [-0.2, -0.15) is 0 Å². The van der Waals surface area contributed by atoms with Gasteiger partial charge in [0.15, 0.2) is 6.33 Å². The summed E-state index contributed by atoms with van der Waals surface area (Å²) < 4.78 is 0. The van der Waals surface area contributed by atoms with Crippen molar-refractivity contribution >= 4 is 11.7 Å². The minimum absolute atomic E-state index is 0.170. The number of H-pyrrole nitrogens is 1. The summed E-state index contributed by atoms with van der Waals surface area (Å²) in [6.07, 6.45) is 2.92. The van der Waals surface area contributed by atoms with E-state index in [2.05, 4.69) is 15.3 Å². The summed E-state index contributed by atoms with van der Waals surface area (Å²) in [5, 5.41) is 13.0. The van der Waals surface area contributed by atoms with Crippen molar-refractivity contribution in [1.82, 2.24) is 15.3 Å². The first kappa shape index (κ1) is 11.2. The molecule has 0 aliphatic heterocycles. The lowest BCUT2D eigenvalue weighted by Gasteiger charge is -2.00. The Labute approximate surface area is 86.0 Å². The molecule has 0 radical (unpaired) electrons. The molecule has 7 nitrogen and oxygen atoms in total. The number of imidazole rings is 1. The zero-order chi connectivity index (χ0) is 11.3. The first-order valence-corrected chi connectivity index (χ1v) is 4.62. The average molecular weight is 212 g/mol. The van der Waals surface area contributed by atoms with Gasteiger partial charge in [0.2, 0.25) is 5.69 Å². The zero-order valence-electron chi connectivity index (χ0n) is 8.32. The van der Waals surface area contributed by atoms with Crippen LogP contribution in [0.15, 0.2) is 6.33 Å². The van der Waals surface area contributed by atoms with Crippen LogP contribution in [0.3, 0.4) is 0 Å². The van der Waals surface area contributed by atoms with E-state index in [-0.39, 0.29) is 11.5 Å². The molecule has 0 aromatic carbocycles. The Hall–Kier alpha value is -1.92. The fourth-order valence-electron chi connectivity index (χ4n) is 1.06. The van der Waals surface area contributed by atoms with Crippen LogP contribution in [0.4, 0.5) is 5.82 Å². The maximum Gasteiger partial charge on any atom is 0.353 e. The normalized spacial score (nSPS) is 9.93. The number of nitro groups is 1. The van der Waals surface area contributed by atoms with Gasteiger partial charge in [0.25, 0.3) is 5.91 Å². The van der Waals surface area contributed by atoms with Gasteiger partial charge in [0.05, 0.1) is 0 Å². The fourth-order valence-corrected chi connectivity index (χ4v) is 1.06. The van der Waals surface area contributed by atoms with E-state index in [0.29, 0.717) is 6.54 Å². The van der Waals surface area contributed by atoms with E-state index >= 15 is 0 Å². The highest BCUT2D eigenvalue weighted by molar-refractivity contribution is 5.95. The van der Waals surface area contributed by atoms with Gasteiger partial charge in [-0.15, -0.1) is 0 Å². The molecule has 0 bridgehead atoms. The second-order valence-corrected chi connectivity index (χ2v) is 2.97. The highest BCUT2D eigenvalue weighted by Crippen LogP contribution is 2.11. The first-order chi connectivity index (χ1) is 7.16. The number of rotatable bonds is 5. The summed E-state index contributed by atoms with van der Waals surface area (Å²) in [6, 6.07) is 0. The Balaban J connectivity index is 2.65. The van der Waals surface area contributed by atoms with Crippen molar-refractivity contribution in [3.05, 3.63) is 22.1 Å². The predicted octanol–water partition coefficient (Wildman–Crippen LogP) is 0.848. The van der Waals surface area contributed by atoms with E-state index in [9.17, 15) is 14.9 Å². The molecule has 2 N–H and O–H groups in total. The molecule has 0 saturated heterocycles. The summed E-state index contributed by atoms with van der Waals surface area (Å²) in [4.78, 5) is 27.1. The van der Waals surface area contributed by atoms with E-state index < -0.39 is 10.8 Å². The van der Waals surface area contributed by atoms with Crippen LogP contribution in [0.2, 0.25) is 0 Å². The smallest absolute Gasteiger partial charge is 0.353 e. The maximum absolute atomic E-state index is 11.4. The van der Waals surface area contributed by atoms with Crippen LogP contribution in [0.1, 0.15) is 30.3 Å². The molecular weight excluding hydrogens is 200 g/mol. The van der Waals surface area contributed by atoms with Crippen molar-refractivity contribution in [2.45, 2.75) is 19.8 Å². The quantitative estimate of drug-likeness (QED) is 0.429. The number of hydrogen-bond acceptors (Lipinski definition) is 4. The summed E-state index contributed by atoms with van der Waals surface area (Å²) in [5.41, 5.74) is -0.170. The van der Waals surface area contributed by atoms with Gasteiger partial charge in [-0.05, 0) is 11.3 Å². The number of nitrogens with one attached hydrogen (secondary N) is 2. The molecule has 1 heterocycles. The standard InChI is InChI=1S/C8H12N4O3/c1-2-3-4-9-8(13)6-7(12(14)15)11-5-10-6/h5H,2-4H2,1H3,(H,9,13)(H,10,11). The van der Waals surface area contributed by atoms with Crippen LogP contribution in [0.25, 0.3) is 0 Å². The minimum atomic E-state index is -0.665. The summed E-state index contributed by atoms with van der Waals surface area (Å²) >= 11 is 0. The molecule has 15 heavy (non-hydrogen) atoms. The second kappa shape index (κ2) is 5.08. The lowest BCUT2D eigenvalue weighted by Crippen LogP contribution is -2.25. The molecule has 0 saturated carbocycles. The topological polar surface area (TPSA) is 101 Å². The summed E-state index contributed by atoms with van der Waals surface area (Å²) in [5.74, 6) is -0.889. The van der Waals surface area contributed by atoms with Gasteiger partial charge in [-0.1, -0.05) is 13.3 Å². The van der Waals surface area contributed by atoms with E-state index in [1.165, 1.54) is 0 Å². The molecule has 7 heteroatoms. The largest absolute Gasteiger partial charge is 0.358 e. The number of unbranched alkanes of at least 4 members (excludes halogenated alkanes) is 1. The Bertz CT molecular complexity index is 361. The third-order valence-corrected chi connectivity index (χ3v) is 1.83. The number of aromatic nitrogens is 2. The fraction of sp³-hybridized carbons (Fsp3) is 0.500. The van der Waals surface area contributed by atoms with Gasteiger partial charge in [-0.3, -0.25) is 4.79 Å². The van der Waals surface area contributed by atoms with Crippen molar-refractivity contribution in [2.24, 2.45) is 0 Å². The highest BCUT2D eigenvalue weighted by atomic mass is 16.6. The summed E-state index contributed by atoms with van der Waals surface area (Å²) in [6.45, 7) is 2.49. The van der Waals surface area contributed by atoms with Crippen molar-refractivity contribution in [3.8, 4) is 0 Å². The van der Waals surface area contributed by atoms with E-state index in [1.807, 2.05) is 6.92 Å². The van der Waals surface area contributed by atoms with Gasteiger partial charge in [0, 0.05) is 6.54 Å². The van der Waals surface area contributed by atoms with E-state index in [4.69, 9.17) is 0 Å². The van der Waals surface area contributed by atoms with Crippen molar-refractivity contribution in [2.75, 3.05) is 6.54 Å². The second-order valence-electron chi connectivity index (χ2n) is 2.97. The Kier molecular flexibility index (Phi) is 3.78. The molecular formula is C8H12N4O3. The zero-order valence-corrected chi connectivity index (χ0v) is 8.32. The molecule has 0 aliphatic rings. The van der Waals surface area contributed by atoms with E-state index in [1.54, 1.807) is 0 Å². The SMILES string of the molecule is CCCCNC(=O)c1nc[nH]c1[N+](=O)[O-]. The Morgan fingerprint density at radius 2 is 2.47 bits per heavy atom. The van der Waals surface area contributed by atoms with Gasteiger partial charge >= 0.3 is 5.82 Å². The minimum Gasteiger partial charge on any atom is -0.358 e. The summed E-state index contributed by atoms with van der Waals surface area (Å²) in [7, 11) is 0. The Morgan fingerprint density at radius 1 is 1.73 bits per heavy atom. The molecule has 0 atom stereocenters. The Morgan fingerprint density at radius 3 is 3.07 bits per heavy atom. The molecule has 1 aromatic rings. The molecule has 1 rings (SSSR count). The number of carbonyl (C=O) groups excluding carboxylic acids is 1.